The second kappa shape index (κ2) is 6.55. The molecule has 3 heteroatoms. The van der Waals surface area contributed by atoms with Crippen LogP contribution in [0.25, 0.3) is 0 Å². The van der Waals surface area contributed by atoms with Crippen molar-refractivity contribution in [3.8, 4) is 0 Å². The van der Waals surface area contributed by atoms with Crippen molar-refractivity contribution in [3.63, 3.8) is 0 Å². The molecule has 0 aromatic heterocycles. The Morgan fingerprint density at radius 3 is 2.22 bits per heavy atom. The maximum absolute atomic E-state index is 12.6. The molecule has 18 heavy (non-hydrogen) atoms. The molecule has 0 spiro atoms. The van der Waals surface area contributed by atoms with Crippen LogP contribution in [0.15, 0.2) is 0 Å². The summed E-state index contributed by atoms with van der Waals surface area (Å²) in [4.78, 5) is 14.8. The minimum Gasteiger partial charge on any atom is -0.340 e. The molecule has 0 radical (unpaired) electrons. The molecular weight excluding hydrogens is 224 g/mol. The summed E-state index contributed by atoms with van der Waals surface area (Å²) in [6.07, 6.45) is 10.4. The molecule has 1 amide bonds. The Morgan fingerprint density at radius 1 is 1.06 bits per heavy atom. The highest BCUT2D eigenvalue weighted by Crippen LogP contribution is 2.29. The lowest BCUT2D eigenvalue weighted by Crippen LogP contribution is -2.45. The van der Waals surface area contributed by atoms with Gasteiger partial charge in [0.25, 0.3) is 0 Å². The Kier molecular flexibility index (Phi) is 5.04. The third kappa shape index (κ3) is 3.25. The average Bonchev–Trinajstić information content (AvgIpc) is 2.41. The first-order valence-electron chi connectivity index (χ1n) is 7.78. The molecule has 0 unspecified atom stereocenters. The highest BCUT2D eigenvalue weighted by atomic mass is 16.2. The van der Waals surface area contributed by atoms with Gasteiger partial charge in [0.05, 0.1) is 0 Å². The Bertz CT molecular complexity index is 266. The first-order chi connectivity index (χ1) is 8.72. The highest BCUT2D eigenvalue weighted by molar-refractivity contribution is 5.79. The van der Waals surface area contributed by atoms with Crippen LogP contribution in [0.1, 0.15) is 64.7 Å². The maximum Gasteiger partial charge on any atom is 0.225 e. The summed E-state index contributed by atoms with van der Waals surface area (Å²) in [5.74, 6) is 0.669. The zero-order chi connectivity index (χ0) is 13.0. The van der Waals surface area contributed by atoms with Gasteiger partial charge in [-0.3, -0.25) is 4.79 Å². The van der Waals surface area contributed by atoms with Crippen molar-refractivity contribution in [2.45, 2.75) is 76.8 Å². The molecule has 0 aliphatic heterocycles. The molecule has 104 valence electrons. The van der Waals surface area contributed by atoms with E-state index in [2.05, 4.69) is 11.8 Å². The normalized spacial score (nSPS) is 30.1. The average molecular weight is 252 g/mol. The van der Waals surface area contributed by atoms with Crippen LogP contribution in [0, 0.1) is 5.92 Å². The SMILES string of the molecule is CCN(C(=O)C1CCC(N)CC1)C1CCCCC1. The van der Waals surface area contributed by atoms with Crippen LogP contribution in [0.2, 0.25) is 0 Å². The Morgan fingerprint density at radius 2 is 1.67 bits per heavy atom. The van der Waals surface area contributed by atoms with Crippen molar-refractivity contribution in [1.82, 2.24) is 4.90 Å². The molecule has 2 saturated carbocycles. The van der Waals surface area contributed by atoms with Gasteiger partial charge in [0.2, 0.25) is 5.91 Å². The van der Waals surface area contributed by atoms with Gasteiger partial charge in [0, 0.05) is 24.5 Å². The first-order valence-corrected chi connectivity index (χ1v) is 7.78. The predicted octanol–water partition coefficient (Wildman–Crippen LogP) is 2.69. The fraction of sp³-hybridized carbons (Fsp3) is 0.933. The van der Waals surface area contributed by atoms with E-state index in [1.54, 1.807) is 0 Å². The van der Waals surface area contributed by atoms with E-state index in [1.807, 2.05) is 0 Å². The van der Waals surface area contributed by atoms with Gasteiger partial charge in [-0.2, -0.15) is 0 Å². The zero-order valence-electron chi connectivity index (χ0n) is 11.7. The molecule has 2 aliphatic rings. The van der Waals surface area contributed by atoms with E-state index in [0.29, 0.717) is 18.0 Å². The number of nitrogens with two attached hydrogens (primary N) is 1. The fourth-order valence-electron chi connectivity index (χ4n) is 3.59. The van der Waals surface area contributed by atoms with Crippen LogP contribution in [0.5, 0.6) is 0 Å². The number of carbonyl (C=O) groups is 1. The maximum atomic E-state index is 12.6. The number of nitrogens with zero attached hydrogens (tertiary/aromatic N) is 1. The lowest BCUT2D eigenvalue weighted by Gasteiger charge is -2.37. The van der Waals surface area contributed by atoms with Crippen LogP contribution < -0.4 is 5.73 Å². The van der Waals surface area contributed by atoms with Crippen molar-refractivity contribution in [3.05, 3.63) is 0 Å². The van der Waals surface area contributed by atoms with Gasteiger partial charge in [-0.25, -0.2) is 0 Å². The quantitative estimate of drug-likeness (QED) is 0.839. The molecule has 2 N–H and O–H groups in total. The van der Waals surface area contributed by atoms with Crippen LogP contribution >= 0.6 is 0 Å². The summed E-state index contributed by atoms with van der Waals surface area (Å²) in [6.45, 7) is 3.01. The predicted molar refractivity (Wildman–Crippen MR) is 74.2 cm³/mol. The monoisotopic (exact) mass is 252 g/mol. The number of carbonyl (C=O) groups excluding carboxylic acids is 1. The number of hydrogen-bond acceptors (Lipinski definition) is 2. The third-order valence-electron chi connectivity index (χ3n) is 4.76. The second-order valence-corrected chi connectivity index (χ2v) is 6.03. The minimum absolute atomic E-state index is 0.256. The molecule has 2 rings (SSSR count). The molecule has 2 aliphatic carbocycles. The van der Waals surface area contributed by atoms with Crippen molar-refractivity contribution in [1.29, 1.82) is 0 Å². The minimum atomic E-state index is 0.256. The first kappa shape index (κ1) is 13.9. The van der Waals surface area contributed by atoms with E-state index in [4.69, 9.17) is 5.73 Å². The molecule has 0 heterocycles. The van der Waals surface area contributed by atoms with E-state index in [1.165, 1.54) is 32.1 Å². The molecule has 0 aromatic rings. The third-order valence-corrected chi connectivity index (χ3v) is 4.76. The van der Waals surface area contributed by atoms with Crippen molar-refractivity contribution in [2.24, 2.45) is 11.7 Å². The second-order valence-electron chi connectivity index (χ2n) is 6.03. The van der Waals surface area contributed by atoms with Gasteiger partial charge < -0.3 is 10.6 Å². The Labute approximate surface area is 111 Å². The van der Waals surface area contributed by atoms with E-state index >= 15 is 0 Å². The van der Waals surface area contributed by atoms with E-state index in [9.17, 15) is 4.79 Å². The summed E-state index contributed by atoms with van der Waals surface area (Å²) in [5.41, 5.74) is 5.92. The van der Waals surface area contributed by atoms with Gasteiger partial charge in [0.1, 0.15) is 0 Å². The van der Waals surface area contributed by atoms with E-state index in [-0.39, 0.29) is 5.92 Å². The topological polar surface area (TPSA) is 46.3 Å². The summed E-state index contributed by atoms with van der Waals surface area (Å²) in [7, 11) is 0. The highest BCUT2D eigenvalue weighted by Gasteiger charge is 2.31. The van der Waals surface area contributed by atoms with Crippen LogP contribution in [0.4, 0.5) is 0 Å². The lowest BCUT2D eigenvalue weighted by atomic mass is 9.84. The standard InChI is InChI=1S/C15H28N2O/c1-2-17(14-6-4-3-5-7-14)15(18)12-8-10-13(16)11-9-12/h12-14H,2-11,16H2,1H3. The summed E-state index contributed by atoms with van der Waals surface area (Å²) < 4.78 is 0. The van der Waals surface area contributed by atoms with Crippen molar-refractivity contribution in [2.75, 3.05) is 6.54 Å². The van der Waals surface area contributed by atoms with E-state index in [0.717, 1.165) is 32.2 Å². The van der Waals surface area contributed by atoms with Gasteiger partial charge in [-0.05, 0) is 45.4 Å². The molecule has 0 aromatic carbocycles. The van der Waals surface area contributed by atoms with Gasteiger partial charge in [-0.1, -0.05) is 19.3 Å². The fourth-order valence-corrected chi connectivity index (χ4v) is 3.59. The summed E-state index contributed by atoms with van der Waals surface area (Å²) >= 11 is 0. The molecule has 0 saturated heterocycles. The molecular formula is C15H28N2O. The number of rotatable bonds is 3. The number of amides is 1. The van der Waals surface area contributed by atoms with Gasteiger partial charge >= 0.3 is 0 Å². The molecule has 2 fully saturated rings. The Balaban J connectivity index is 1.92. The summed E-state index contributed by atoms with van der Waals surface area (Å²) in [5, 5.41) is 0. The van der Waals surface area contributed by atoms with Gasteiger partial charge in [-0.15, -0.1) is 0 Å². The van der Waals surface area contributed by atoms with Gasteiger partial charge in [0.15, 0.2) is 0 Å². The van der Waals surface area contributed by atoms with Crippen LogP contribution in [-0.2, 0) is 4.79 Å². The molecule has 3 nitrogen and oxygen atoms in total. The van der Waals surface area contributed by atoms with Crippen molar-refractivity contribution >= 4 is 5.91 Å². The summed E-state index contributed by atoms with van der Waals surface area (Å²) in [6, 6.07) is 0.852. The van der Waals surface area contributed by atoms with Crippen molar-refractivity contribution < 1.29 is 4.79 Å². The largest absolute Gasteiger partial charge is 0.340 e. The number of hydrogen-bond donors (Lipinski definition) is 1. The zero-order valence-corrected chi connectivity index (χ0v) is 11.7. The Hall–Kier alpha value is -0.570. The van der Waals surface area contributed by atoms with E-state index < -0.39 is 0 Å². The molecule has 0 atom stereocenters. The van der Waals surface area contributed by atoms with Crippen LogP contribution in [0.3, 0.4) is 0 Å². The lowest BCUT2D eigenvalue weighted by molar-refractivity contribution is -0.139. The van der Waals surface area contributed by atoms with Crippen LogP contribution in [-0.4, -0.2) is 29.4 Å². The molecule has 0 bridgehead atoms. The smallest absolute Gasteiger partial charge is 0.225 e.